The maximum absolute atomic E-state index is 12.5. The van der Waals surface area contributed by atoms with E-state index in [4.69, 9.17) is 16.3 Å². The highest BCUT2D eigenvalue weighted by Crippen LogP contribution is 2.27. The van der Waals surface area contributed by atoms with E-state index in [-0.39, 0.29) is 17.6 Å². The van der Waals surface area contributed by atoms with E-state index in [2.05, 4.69) is 0 Å². The fraction of sp³-hybridized carbons (Fsp3) is 0.333. The summed E-state index contributed by atoms with van der Waals surface area (Å²) >= 11 is 6.08. The zero-order chi connectivity index (χ0) is 14.3. The van der Waals surface area contributed by atoms with Crippen LogP contribution in [0.5, 0.6) is 0 Å². The van der Waals surface area contributed by atoms with Crippen molar-refractivity contribution >= 4 is 28.5 Å². The molecule has 5 heteroatoms. The van der Waals surface area contributed by atoms with E-state index in [0.717, 1.165) is 30.5 Å². The Balaban J connectivity index is 2.34. The lowest BCUT2D eigenvalue weighted by molar-refractivity contribution is 0.0524. The molecule has 2 aromatic rings. The standard InChI is InChI=1S/C15H14ClNO3/c1-2-20-15(19)12-8-17-5-3-4-9-6-10(16)7-11(13(9)17)14(12)18/h6-8H,2-5H2,1H3. The minimum atomic E-state index is -0.574. The Morgan fingerprint density at radius 3 is 3.00 bits per heavy atom. The number of halogens is 1. The maximum Gasteiger partial charge on any atom is 0.343 e. The molecule has 0 bridgehead atoms. The summed E-state index contributed by atoms with van der Waals surface area (Å²) in [6, 6.07) is 3.52. The van der Waals surface area contributed by atoms with Crippen LogP contribution >= 0.6 is 11.6 Å². The molecule has 0 spiro atoms. The topological polar surface area (TPSA) is 48.3 Å². The molecule has 1 aromatic carbocycles. The van der Waals surface area contributed by atoms with Crippen LogP contribution < -0.4 is 5.43 Å². The molecule has 20 heavy (non-hydrogen) atoms. The molecule has 0 unspecified atom stereocenters. The number of rotatable bonds is 2. The smallest absolute Gasteiger partial charge is 0.343 e. The highest BCUT2D eigenvalue weighted by atomic mass is 35.5. The van der Waals surface area contributed by atoms with Crippen LogP contribution in [0.1, 0.15) is 29.3 Å². The number of aryl methyl sites for hydroxylation is 2. The number of aromatic nitrogens is 1. The van der Waals surface area contributed by atoms with Crippen LogP contribution in [0, 0.1) is 0 Å². The molecular formula is C15H14ClNO3. The molecule has 3 rings (SSSR count). The number of hydrogen-bond acceptors (Lipinski definition) is 3. The fourth-order valence-corrected chi connectivity index (χ4v) is 2.99. The third-order valence-corrected chi connectivity index (χ3v) is 3.77. The lowest BCUT2D eigenvalue weighted by Gasteiger charge is -2.20. The molecule has 0 aliphatic carbocycles. The van der Waals surface area contributed by atoms with Gasteiger partial charge >= 0.3 is 5.97 Å². The van der Waals surface area contributed by atoms with Gasteiger partial charge in [0.15, 0.2) is 0 Å². The number of nitrogens with zero attached hydrogens (tertiary/aromatic N) is 1. The number of carbonyl (C=O) groups excluding carboxylic acids is 1. The van der Waals surface area contributed by atoms with Gasteiger partial charge in [0.1, 0.15) is 5.56 Å². The van der Waals surface area contributed by atoms with Crippen molar-refractivity contribution in [1.82, 2.24) is 4.57 Å². The van der Waals surface area contributed by atoms with Gasteiger partial charge in [-0.2, -0.15) is 0 Å². The minimum Gasteiger partial charge on any atom is -0.462 e. The SMILES string of the molecule is CCOC(=O)c1cn2c3c(cc(Cl)cc3c1=O)CCC2. The summed E-state index contributed by atoms with van der Waals surface area (Å²) in [5.41, 5.74) is 1.72. The van der Waals surface area contributed by atoms with Crippen LogP contribution in [0.25, 0.3) is 10.9 Å². The van der Waals surface area contributed by atoms with Crippen LogP contribution in [-0.2, 0) is 17.7 Å². The first kappa shape index (κ1) is 13.2. The number of esters is 1. The second-order valence-corrected chi connectivity index (χ2v) is 5.29. The molecule has 1 aromatic heterocycles. The van der Waals surface area contributed by atoms with Gasteiger partial charge in [0.2, 0.25) is 5.43 Å². The molecule has 104 valence electrons. The molecule has 2 heterocycles. The van der Waals surface area contributed by atoms with Gasteiger partial charge in [-0.05, 0) is 37.5 Å². The van der Waals surface area contributed by atoms with E-state index >= 15 is 0 Å². The van der Waals surface area contributed by atoms with E-state index in [1.807, 2.05) is 10.6 Å². The van der Waals surface area contributed by atoms with E-state index < -0.39 is 5.97 Å². The highest BCUT2D eigenvalue weighted by molar-refractivity contribution is 6.31. The van der Waals surface area contributed by atoms with Gasteiger partial charge in [0, 0.05) is 23.2 Å². The first-order valence-corrected chi connectivity index (χ1v) is 7.02. The quantitative estimate of drug-likeness (QED) is 0.800. The average Bonchev–Trinajstić information content (AvgIpc) is 2.42. The summed E-state index contributed by atoms with van der Waals surface area (Å²) in [5, 5.41) is 1.02. The minimum absolute atomic E-state index is 0.0782. The molecule has 0 radical (unpaired) electrons. The van der Waals surface area contributed by atoms with Crippen LogP contribution in [0.2, 0.25) is 5.02 Å². The first-order chi connectivity index (χ1) is 9.61. The Morgan fingerprint density at radius 2 is 2.25 bits per heavy atom. The predicted molar refractivity (Wildman–Crippen MR) is 77.5 cm³/mol. The Bertz CT molecular complexity index is 764. The largest absolute Gasteiger partial charge is 0.462 e. The summed E-state index contributed by atoms with van der Waals surface area (Å²) < 4.78 is 6.91. The van der Waals surface area contributed by atoms with Crippen LogP contribution in [0.15, 0.2) is 23.1 Å². The molecule has 0 saturated heterocycles. The van der Waals surface area contributed by atoms with E-state index in [1.54, 1.807) is 19.2 Å². The van der Waals surface area contributed by atoms with Gasteiger partial charge in [0.25, 0.3) is 0 Å². The zero-order valence-electron chi connectivity index (χ0n) is 11.1. The highest BCUT2D eigenvalue weighted by Gasteiger charge is 2.20. The molecule has 1 aliphatic rings. The zero-order valence-corrected chi connectivity index (χ0v) is 11.9. The summed E-state index contributed by atoms with van der Waals surface area (Å²) in [5.74, 6) is -0.574. The molecular weight excluding hydrogens is 278 g/mol. The van der Waals surface area contributed by atoms with Gasteiger partial charge in [-0.25, -0.2) is 4.79 Å². The summed E-state index contributed by atoms with van der Waals surface area (Å²) in [7, 11) is 0. The van der Waals surface area contributed by atoms with Crippen LogP contribution in [0.4, 0.5) is 0 Å². The van der Waals surface area contributed by atoms with Crippen molar-refractivity contribution in [3.8, 4) is 0 Å². The lowest BCUT2D eigenvalue weighted by atomic mass is 10.00. The van der Waals surface area contributed by atoms with E-state index in [9.17, 15) is 9.59 Å². The Kier molecular flexibility index (Phi) is 3.26. The van der Waals surface area contributed by atoms with Crippen molar-refractivity contribution in [1.29, 1.82) is 0 Å². The number of hydrogen-bond donors (Lipinski definition) is 0. The van der Waals surface area contributed by atoms with Crippen LogP contribution in [0.3, 0.4) is 0 Å². The van der Waals surface area contributed by atoms with Crippen molar-refractivity contribution in [3.05, 3.63) is 44.7 Å². The van der Waals surface area contributed by atoms with E-state index in [0.29, 0.717) is 10.4 Å². The normalized spacial score (nSPS) is 13.5. The molecule has 0 saturated carbocycles. The number of pyridine rings is 1. The van der Waals surface area contributed by atoms with Crippen molar-refractivity contribution in [2.45, 2.75) is 26.3 Å². The average molecular weight is 292 g/mol. The first-order valence-electron chi connectivity index (χ1n) is 6.64. The third kappa shape index (κ3) is 2.00. The molecule has 4 nitrogen and oxygen atoms in total. The van der Waals surface area contributed by atoms with Gasteiger partial charge in [-0.15, -0.1) is 0 Å². The Hall–Kier alpha value is -1.81. The summed E-state index contributed by atoms with van der Waals surface area (Å²) in [6.07, 6.45) is 3.47. The maximum atomic E-state index is 12.5. The van der Waals surface area contributed by atoms with E-state index in [1.165, 1.54) is 0 Å². The van der Waals surface area contributed by atoms with Gasteiger partial charge in [0.05, 0.1) is 12.1 Å². The van der Waals surface area contributed by atoms with Crippen LogP contribution in [-0.4, -0.2) is 17.1 Å². The number of carbonyl (C=O) groups is 1. The molecule has 0 fully saturated rings. The molecule has 1 aliphatic heterocycles. The Labute approximate surface area is 120 Å². The van der Waals surface area contributed by atoms with Gasteiger partial charge in [-0.1, -0.05) is 11.6 Å². The lowest BCUT2D eigenvalue weighted by Crippen LogP contribution is -2.23. The van der Waals surface area contributed by atoms with Crippen molar-refractivity contribution in [2.24, 2.45) is 0 Å². The number of ether oxygens (including phenoxy) is 1. The molecule has 0 amide bonds. The van der Waals surface area contributed by atoms with Crippen molar-refractivity contribution in [3.63, 3.8) is 0 Å². The summed E-state index contributed by atoms with van der Waals surface area (Å²) in [6.45, 7) is 2.75. The second kappa shape index (κ2) is 4.94. The van der Waals surface area contributed by atoms with Crippen molar-refractivity contribution in [2.75, 3.05) is 6.61 Å². The van der Waals surface area contributed by atoms with Gasteiger partial charge in [-0.3, -0.25) is 4.79 Å². The fourth-order valence-electron chi connectivity index (χ4n) is 2.75. The monoisotopic (exact) mass is 291 g/mol. The molecule has 0 atom stereocenters. The summed E-state index contributed by atoms with van der Waals surface area (Å²) in [4.78, 5) is 24.4. The second-order valence-electron chi connectivity index (χ2n) is 4.85. The molecule has 0 N–H and O–H groups in total. The third-order valence-electron chi connectivity index (χ3n) is 3.56. The van der Waals surface area contributed by atoms with Crippen molar-refractivity contribution < 1.29 is 9.53 Å². The predicted octanol–water partition coefficient (Wildman–Crippen LogP) is 2.78. The number of benzene rings is 1. The van der Waals surface area contributed by atoms with Gasteiger partial charge < -0.3 is 9.30 Å². The Morgan fingerprint density at radius 1 is 1.45 bits per heavy atom.